The number of hydrogen-bond acceptors (Lipinski definition) is 7. The molecule has 9 nitrogen and oxygen atoms in total. The van der Waals surface area contributed by atoms with Gasteiger partial charge in [0.15, 0.2) is 0 Å². The topological polar surface area (TPSA) is 117 Å². The van der Waals surface area contributed by atoms with Gasteiger partial charge in [0.05, 0.1) is 11.4 Å². The average Bonchev–Trinajstić information content (AvgIpc) is 3.54. The lowest BCUT2D eigenvalue weighted by Gasteiger charge is -2.29. The van der Waals surface area contributed by atoms with E-state index in [-0.39, 0.29) is 30.7 Å². The minimum atomic E-state index is -0.294. The Bertz CT molecular complexity index is 1350. The molecular formula is C24H19N5O4S. The predicted octanol–water partition coefficient (Wildman–Crippen LogP) is 3.97. The molecule has 2 aromatic heterocycles. The van der Waals surface area contributed by atoms with Crippen molar-refractivity contribution in [1.29, 1.82) is 0 Å². The van der Waals surface area contributed by atoms with E-state index in [9.17, 15) is 14.4 Å². The number of benzene rings is 2. The highest BCUT2D eigenvalue weighted by atomic mass is 32.1. The van der Waals surface area contributed by atoms with Gasteiger partial charge in [-0.25, -0.2) is 0 Å². The molecule has 0 radical (unpaired) electrons. The number of nitrogens with one attached hydrogen (secondary N) is 2. The summed E-state index contributed by atoms with van der Waals surface area (Å²) in [7, 11) is 0. The average molecular weight is 474 g/mol. The zero-order chi connectivity index (χ0) is 23.5. The Hall–Kier alpha value is -4.31. The highest BCUT2D eigenvalue weighted by Crippen LogP contribution is 2.30. The summed E-state index contributed by atoms with van der Waals surface area (Å²) in [5.74, 6) is 0.141. The van der Waals surface area contributed by atoms with Crippen LogP contribution in [0.3, 0.4) is 0 Å². The third-order valence-corrected chi connectivity index (χ3v) is 5.93. The summed E-state index contributed by atoms with van der Waals surface area (Å²) >= 11 is 1.54. The van der Waals surface area contributed by atoms with Crippen LogP contribution in [0, 0.1) is 0 Å². The smallest absolute Gasteiger partial charge is 0.258 e. The van der Waals surface area contributed by atoms with Crippen molar-refractivity contribution in [2.75, 3.05) is 22.1 Å². The Labute approximate surface area is 198 Å². The molecule has 2 aromatic carbocycles. The molecule has 0 spiro atoms. The Morgan fingerprint density at radius 1 is 1.12 bits per heavy atom. The normalized spacial score (nSPS) is 12.7. The van der Waals surface area contributed by atoms with E-state index < -0.39 is 0 Å². The van der Waals surface area contributed by atoms with Crippen molar-refractivity contribution in [1.82, 2.24) is 10.1 Å². The van der Waals surface area contributed by atoms with Crippen molar-refractivity contribution in [3.63, 3.8) is 0 Å². The Morgan fingerprint density at radius 3 is 2.74 bits per heavy atom. The minimum absolute atomic E-state index is 0.0574. The molecule has 3 heterocycles. The number of thiophene rings is 1. The lowest BCUT2D eigenvalue weighted by Crippen LogP contribution is -2.42. The molecule has 0 bridgehead atoms. The molecule has 1 aliphatic rings. The van der Waals surface area contributed by atoms with Crippen LogP contribution in [0.15, 0.2) is 69.9 Å². The van der Waals surface area contributed by atoms with Crippen LogP contribution in [-0.2, 0) is 16.0 Å². The van der Waals surface area contributed by atoms with Crippen LogP contribution in [0.4, 0.5) is 17.1 Å². The molecule has 0 saturated heterocycles. The molecule has 5 rings (SSSR count). The Morgan fingerprint density at radius 2 is 1.94 bits per heavy atom. The summed E-state index contributed by atoms with van der Waals surface area (Å²) < 4.78 is 5.21. The molecule has 0 unspecified atom stereocenters. The van der Waals surface area contributed by atoms with Crippen LogP contribution in [0.5, 0.6) is 0 Å². The van der Waals surface area contributed by atoms with Crippen molar-refractivity contribution in [3.8, 4) is 11.4 Å². The van der Waals surface area contributed by atoms with Gasteiger partial charge in [-0.15, -0.1) is 0 Å². The third-order valence-electron chi connectivity index (χ3n) is 5.24. The molecule has 2 N–H and O–H groups in total. The van der Waals surface area contributed by atoms with E-state index in [0.29, 0.717) is 40.8 Å². The highest BCUT2D eigenvalue weighted by molar-refractivity contribution is 7.08. The Balaban J connectivity index is 1.19. The summed E-state index contributed by atoms with van der Waals surface area (Å²) in [6.45, 7) is -0.0574. The first-order chi connectivity index (χ1) is 16.6. The van der Waals surface area contributed by atoms with E-state index in [0.717, 1.165) is 5.56 Å². The maximum absolute atomic E-state index is 13.0. The van der Waals surface area contributed by atoms with Gasteiger partial charge in [-0.2, -0.15) is 16.3 Å². The van der Waals surface area contributed by atoms with E-state index in [1.54, 1.807) is 53.8 Å². The Kier molecular flexibility index (Phi) is 5.88. The number of aryl methyl sites for hydroxylation is 1. The fourth-order valence-corrected chi connectivity index (χ4v) is 4.21. The SMILES string of the molecule is O=C(CCc1nc(-c2ccsc2)no1)Nc1ccc(C(=O)N2CC(=O)Nc3ccccc32)cc1. The number of rotatable bonds is 6. The molecule has 4 aromatic rings. The number of carbonyl (C=O) groups excluding carboxylic acids is 3. The largest absolute Gasteiger partial charge is 0.339 e. The fourth-order valence-electron chi connectivity index (χ4n) is 3.58. The predicted molar refractivity (Wildman–Crippen MR) is 128 cm³/mol. The molecule has 1 aliphatic heterocycles. The molecular weight excluding hydrogens is 454 g/mol. The number of anilines is 3. The lowest BCUT2D eigenvalue weighted by molar-refractivity contribution is -0.116. The molecule has 0 saturated carbocycles. The van der Waals surface area contributed by atoms with Gasteiger partial charge in [0.2, 0.25) is 23.5 Å². The lowest BCUT2D eigenvalue weighted by atomic mass is 10.1. The second-order valence-electron chi connectivity index (χ2n) is 7.61. The minimum Gasteiger partial charge on any atom is -0.339 e. The second kappa shape index (κ2) is 9.28. The zero-order valence-corrected chi connectivity index (χ0v) is 18.7. The van der Waals surface area contributed by atoms with Crippen LogP contribution in [0.25, 0.3) is 11.4 Å². The number of amides is 3. The van der Waals surface area contributed by atoms with Gasteiger partial charge in [-0.1, -0.05) is 17.3 Å². The van der Waals surface area contributed by atoms with Gasteiger partial charge < -0.3 is 15.2 Å². The first-order valence-corrected chi connectivity index (χ1v) is 11.5. The zero-order valence-electron chi connectivity index (χ0n) is 17.9. The molecule has 0 aliphatic carbocycles. The van der Waals surface area contributed by atoms with E-state index in [1.165, 1.54) is 4.90 Å². The van der Waals surface area contributed by atoms with E-state index in [1.807, 2.05) is 22.9 Å². The quantitative estimate of drug-likeness (QED) is 0.438. The maximum Gasteiger partial charge on any atom is 0.258 e. The number of fused-ring (bicyclic) bond motifs is 1. The standard InChI is InChI=1S/C24H19N5O4S/c30-20(9-10-22-27-23(28-33-22)16-11-12-34-14-16)25-17-7-5-15(6-8-17)24(32)29-13-21(31)26-18-3-1-2-4-19(18)29/h1-8,11-12,14H,9-10,13H2,(H,25,30)(H,26,31). The summed E-state index contributed by atoms with van der Waals surface area (Å²) in [6.07, 6.45) is 0.488. The number of aromatic nitrogens is 2. The maximum atomic E-state index is 13.0. The van der Waals surface area contributed by atoms with Crippen molar-refractivity contribution >= 4 is 46.1 Å². The first kappa shape index (κ1) is 21.5. The molecule has 170 valence electrons. The van der Waals surface area contributed by atoms with E-state index >= 15 is 0 Å². The monoisotopic (exact) mass is 473 g/mol. The number of nitrogens with zero attached hydrogens (tertiary/aromatic N) is 3. The summed E-state index contributed by atoms with van der Waals surface area (Å²) in [5.41, 5.74) is 3.09. The van der Waals surface area contributed by atoms with E-state index in [2.05, 4.69) is 20.8 Å². The van der Waals surface area contributed by atoms with Gasteiger partial charge >= 0.3 is 0 Å². The van der Waals surface area contributed by atoms with Crippen LogP contribution >= 0.6 is 11.3 Å². The van der Waals surface area contributed by atoms with E-state index in [4.69, 9.17) is 4.52 Å². The van der Waals surface area contributed by atoms with Crippen molar-refractivity contribution in [2.45, 2.75) is 12.8 Å². The molecule has 3 amide bonds. The van der Waals surface area contributed by atoms with Crippen LogP contribution in [-0.4, -0.2) is 34.4 Å². The van der Waals surface area contributed by atoms with Gasteiger partial charge in [0.25, 0.3) is 5.91 Å². The van der Waals surface area contributed by atoms with Crippen molar-refractivity contribution in [2.24, 2.45) is 0 Å². The van der Waals surface area contributed by atoms with Crippen LogP contribution in [0.2, 0.25) is 0 Å². The van der Waals surface area contributed by atoms with Crippen molar-refractivity contribution < 1.29 is 18.9 Å². The van der Waals surface area contributed by atoms with Gasteiger partial charge in [-0.3, -0.25) is 19.3 Å². The van der Waals surface area contributed by atoms with Gasteiger partial charge in [-0.05, 0) is 47.8 Å². The molecule has 0 fully saturated rings. The van der Waals surface area contributed by atoms with Crippen LogP contribution in [0.1, 0.15) is 22.7 Å². The highest BCUT2D eigenvalue weighted by Gasteiger charge is 2.27. The molecule has 10 heteroatoms. The molecule has 0 atom stereocenters. The fraction of sp³-hybridized carbons (Fsp3) is 0.125. The summed E-state index contributed by atoms with van der Waals surface area (Å²) in [5, 5.41) is 13.4. The van der Waals surface area contributed by atoms with Crippen molar-refractivity contribution in [3.05, 3.63) is 76.8 Å². The number of para-hydroxylation sites is 2. The number of carbonyl (C=O) groups is 3. The van der Waals surface area contributed by atoms with Crippen LogP contribution < -0.4 is 15.5 Å². The second-order valence-corrected chi connectivity index (χ2v) is 8.39. The number of hydrogen-bond donors (Lipinski definition) is 2. The van der Waals surface area contributed by atoms with Gasteiger partial charge in [0.1, 0.15) is 6.54 Å². The first-order valence-electron chi connectivity index (χ1n) is 10.5. The molecule has 34 heavy (non-hydrogen) atoms. The summed E-state index contributed by atoms with van der Waals surface area (Å²) in [4.78, 5) is 43.1. The van der Waals surface area contributed by atoms with Gasteiger partial charge in [0, 0.05) is 35.0 Å². The summed E-state index contributed by atoms with van der Waals surface area (Å²) in [6, 6.07) is 15.6. The third kappa shape index (κ3) is 4.57.